The van der Waals surface area contributed by atoms with Crippen LogP contribution < -0.4 is 5.32 Å². The van der Waals surface area contributed by atoms with Crippen molar-refractivity contribution in [3.05, 3.63) is 39.9 Å². The lowest BCUT2D eigenvalue weighted by Gasteiger charge is -2.18. The molecule has 0 aliphatic carbocycles. The van der Waals surface area contributed by atoms with Crippen LogP contribution in [0.3, 0.4) is 0 Å². The van der Waals surface area contributed by atoms with Gasteiger partial charge in [-0.1, -0.05) is 19.1 Å². The Kier molecular flexibility index (Phi) is 5.74. The van der Waals surface area contributed by atoms with Crippen LogP contribution in [-0.4, -0.2) is 36.5 Å². The predicted molar refractivity (Wildman–Crippen MR) is 72.7 cm³/mol. The van der Waals surface area contributed by atoms with Crippen LogP contribution >= 0.6 is 0 Å². The molecule has 18 heavy (non-hydrogen) atoms. The summed E-state index contributed by atoms with van der Waals surface area (Å²) in [6, 6.07) is 6.91. The zero-order valence-electron chi connectivity index (χ0n) is 11.2. The maximum absolute atomic E-state index is 10.5. The number of nitrogens with zero attached hydrogens (tertiary/aromatic N) is 2. The van der Waals surface area contributed by atoms with Crippen LogP contribution in [0.1, 0.15) is 25.5 Å². The van der Waals surface area contributed by atoms with E-state index in [1.54, 1.807) is 24.3 Å². The predicted octanol–water partition coefficient (Wildman–Crippen LogP) is 2.20. The second-order valence-electron chi connectivity index (χ2n) is 4.42. The Labute approximate surface area is 108 Å². The third-order valence-corrected chi connectivity index (χ3v) is 3.09. The first-order valence-corrected chi connectivity index (χ1v) is 6.21. The molecule has 0 saturated carbocycles. The van der Waals surface area contributed by atoms with Crippen LogP contribution in [0.5, 0.6) is 0 Å². The van der Waals surface area contributed by atoms with Crippen LogP contribution in [0.25, 0.3) is 0 Å². The number of nitro benzene ring substituents is 1. The zero-order chi connectivity index (χ0) is 13.5. The van der Waals surface area contributed by atoms with E-state index in [1.807, 2.05) is 0 Å². The molecule has 1 aromatic carbocycles. The molecule has 0 aliphatic rings. The van der Waals surface area contributed by atoms with E-state index in [1.165, 1.54) is 0 Å². The highest BCUT2D eigenvalue weighted by atomic mass is 16.6. The molecule has 0 aliphatic heterocycles. The summed E-state index contributed by atoms with van der Waals surface area (Å²) in [5.41, 5.74) is 1.21. The smallest absolute Gasteiger partial charge is 0.269 e. The number of nitro groups is 1. The minimum atomic E-state index is -0.377. The molecule has 0 amide bonds. The Hall–Kier alpha value is -1.46. The molecular weight excluding hydrogens is 230 g/mol. The molecule has 0 radical (unpaired) electrons. The molecule has 1 unspecified atom stereocenters. The fourth-order valence-electron chi connectivity index (χ4n) is 1.63. The van der Waals surface area contributed by atoms with Gasteiger partial charge >= 0.3 is 0 Å². The van der Waals surface area contributed by atoms with Gasteiger partial charge in [0.05, 0.1) is 4.92 Å². The number of non-ortho nitro benzene ring substituents is 1. The zero-order valence-corrected chi connectivity index (χ0v) is 11.2. The molecule has 100 valence electrons. The van der Waals surface area contributed by atoms with Gasteiger partial charge in [-0.25, -0.2) is 0 Å². The van der Waals surface area contributed by atoms with E-state index in [0.29, 0.717) is 0 Å². The van der Waals surface area contributed by atoms with Crippen molar-refractivity contribution in [1.82, 2.24) is 10.2 Å². The molecule has 0 saturated heterocycles. The topological polar surface area (TPSA) is 58.4 Å². The van der Waals surface area contributed by atoms with Crippen LogP contribution in [0.4, 0.5) is 5.69 Å². The molecule has 1 N–H and O–H groups in total. The Morgan fingerprint density at radius 1 is 1.39 bits per heavy atom. The van der Waals surface area contributed by atoms with Crippen molar-refractivity contribution in [2.45, 2.75) is 19.9 Å². The lowest BCUT2D eigenvalue weighted by molar-refractivity contribution is -0.384. The number of benzene rings is 1. The number of rotatable bonds is 7. The van der Waals surface area contributed by atoms with Gasteiger partial charge in [-0.05, 0) is 26.1 Å². The van der Waals surface area contributed by atoms with Crippen molar-refractivity contribution >= 4 is 5.69 Å². The van der Waals surface area contributed by atoms with Crippen molar-refractivity contribution < 1.29 is 4.92 Å². The molecule has 0 aromatic heterocycles. The molecule has 5 heteroatoms. The number of likely N-dealkylation sites (N-methyl/N-ethyl adjacent to an activating group) is 1. The minimum Gasteiger partial charge on any atom is -0.309 e. The monoisotopic (exact) mass is 251 g/mol. The van der Waals surface area contributed by atoms with Gasteiger partial charge in [-0.3, -0.25) is 10.1 Å². The van der Waals surface area contributed by atoms with E-state index in [0.717, 1.165) is 25.2 Å². The van der Waals surface area contributed by atoms with E-state index < -0.39 is 0 Å². The lowest BCUT2D eigenvalue weighted by Crippen LogP contribution is -2.30. The molecule has 0 bridgehead atoms. The van der Waals surface area contributed by atoms with Crippen LogP contribution in [-0.2, 0) is 0 Å². The highest BCUT2D eigenvalue weighted by Crippen LogP contribution is 2.17. The summed E-state index contributed by atoms with van der Waals surface area (Å²) in [6.07, 6.45) is 0. The summed E-state index contributed by atoms with van der Waals surface area (Å²) in [5.74, 6) is 0. The maximum atomic E-state index is 10.5. The fraction of sp³-hybridized carbons (Fsp3) is 0.538. The first kappa shape index (κ1) is 14.6. The minimum absolute atomic E-state index is 0.136. The fourth-order valence-corrected chi connectivity index (χ4v) is 1.63. The van der Waals surface area contributed by atoms with E-state index >= 15 is 0 Å². The normalized spacial score (nSPS) is 12.7. The summed E-state index contributed by atoms with van der Waals surface area (Å²) in [5, 5.41) is 13.9. The molecule has 0 spiro atoms. The second-order valence-corrected chi connectivity index (χ2v) is 4.42. The Balaban J connectivity index is 2.46. The Morgan fingerprint density at radius 3 is 2.50 bits per heavy atom. The van der Waals surface area contributed by atoms with Crippen molar-refractivity contribution in [3.63, 3.8) is 0 Å². The summed E-state index contributed by atoms with van der Waals surface area (Å²) >= 11 is 0. The van der Waals surface area contributed by atoms with Crippen LogP contribution in [0.2, 0.25) is 0 Å². The maximum Gasteiger partial charge on any atom is 0.269 e. The van der Waals surface area contributed by atoms with Crippen molar-refractivity contribution in [2.75, 3.05) is 26.7 Å². The second kappa shape index (κ2) is 7.08. The van der Waals surface area contributed by atoms with Crippen molar-refractivity contribution in [1.29, 1.82) is 0 Å². The largest absolute Gasteiger partial charge is 0.309 e. The highest BCUT2D eigenvalue weighted by Gasteiger charge is 2.08. The lowest BCUT2D eigenvalue weighted by atomic mass is 10.1. The third kappa shape index (κ3) is 4.43. The number of nitrogens with one attached hydrogen (secondary N) is 1. The quantitative estimate of drug-likeness (QED) is 0.596. The molecule has 1 atom stereocenters. The Morgan fingerprint density at radius 2 is 2.00 bits per heavy atom. The van der Waals surface area contributed by atoms with E-state index in [-0.39, 0.29) is 16.7 Å². The SMILES string of the molecule is CCN(C)CCNC(C)c1ccc([N+](=O)[O-])cc1. The summed E-state index contributed by atoms with van der Waals surface area (Å²) in [6.45, 7) is 7.12. The summed E-state index contributed by atoms with van der Waals surface area (Å²) in [4.78, 5) is 12.4. The molecule has 5 nitrogen and oxygen atoms in total. The first-order chi connectivity index (χ1) is 8.54. The average molecular weight is 251 g/mol. The number of hydrogen-bond acceptors (Lipinski definition) is 4. The summed E-state index contributed by atoms with van der Waals surface area (Å²) < 4.78 is 0. The van der Waals surface area contributed by atoms with Gasteiger partial charge in [-0.15, -0.1) is 0 Å². The van der Waals surface area contributed by atoms with E-state index in [9.17, 15) is 10.1 Å². The number of hydrogen-bond donors (Lipinski definition) is 1. The van der Waals surface area contributed by atoms with Gasteiger partial charge in [0, 0.05) is 31.3 Å². The van der Waals surface area contributed by atoms with Gasteiger partial charge in [0.15, 0.2) is 0 Å². The molecule has 0 fully saturated rings. The van der Waals surface area contributed by atoms with Gasteiger partial charge < -0.3 is 10.2 Å². The molecule has 1 aromatic rings. The molecular formula is C13H21N3O2. The molecule has 1 rings (SSSR count). The van der Waals surface area contributed by atoms with Gasteiger partial charge in [0.25, 0.3) is 5.69 Å². The highest BCUT2D eigenvalue weighted by molar-refractivity contribution is 5.33. The van der Waals surface area contributed by atoms with Gasteiger partial charge in [0.1, 0.15) is 0 Å². The average Bonchev–Trinajstić information content (AvgIpc) is 2.38. The Bertz CT molecular complexity index is 378. The molecule has 0 heterocycles. The van der Waals surface area contributed by atoms with Crippen molar-refractivity contribution in [2.24, 2.45) is 0 Å². The van der Waals surface area contributed by atoms with Gasteiger partial charge in [-0.2, -0.15) is 0 Å². The standard InChI is InChI=1S/C13H21N3O2/c1-4-15(3)10-9-14-11(2)12-5-7-13(8-6-12)16(17)18/h5-8,11,14H,4,9-10H2,1-3H3. The van der Waals surface area contributed by atoms with E-state index in [4.69, 9.17) is 0 Å². The van der Waals surface area contributed by atoms with Crippen molar-refractivity contribution in [3.8, 4) is 0 Å². The first-order valence-electron chi connectivity index (χ1n) is 6.21. The van der Waals surface area contributed by atoms with Crippen LogP contribution in [0, 0.1) is 10.1 Å². The van der Waals surface area contributed by atoms with Crippen LogP contribution in [0.15, 0.2) is 24.3 Å². The summed E-state index contributed by atoms with van der Waals surface area (Å²) in [7, 11) is 2.08. The third-order valence-electron chi connectivity index (χ3n) is 3.09. The van der Waals surface area contributed by atoms with Gasteiger partial charge in [0.2, 0.25) is 0 Å². The van der Waals surface area contributed by atoms with E-state index in [2.05, 4.69) is 31.1 Å².